The zero-order valence-corrected chi connectivity index (χ0v) is 14.3. The number of rotatable bonds is 2. The first kappa shape index (κ1) is 15.9. The van der Waals surface area contributed by atoms with Crippen molar-refractivity contribution in [1.29, 1.82) is 0 Å². The van der Waals surface area contributed by atoms with Crippen LogP contribution in [0.1, 0.15) is 24.0 Å². The molecule has 1 aromatic heterocycles. The van der Waals surface area contributed by atoms with Gasteiger partial charge in [0.1, 0.15) is 0 Å². The largest absolute Gasteiger partial charge is 0.339 e. The van der Waals surface area contributed by atoms with E-state index in [2.05, 4.69) is 38.4 Å². The molecule has 1 atom stereocenters. The summed E-state index contributed by atoms with van der Waals surface area (Å²) in [7, 11) is 0. The maximum absolute atomic E-state index is 12.7. The van der Waals surface area contributed by atoms with E-state index < -0.39 is 0 Å². The van der Waals surface area contributed by atoms with Crippen molar-refractivity contribution in [3.8, 4) is 0 Å². The van der Waals surface area contributed by atoms with E-state index in [0.717, 1.165) is 44.8 Å². The van der Waals surface area contributed by atoms with Crippen molar-refractivity contribution in [1.82, 2.24) is 20.2 Å². The number of piperidine rings is 1. The van der Waals surface area contributed by atoms with Crippen LogP contribution in [0.15, 0.2) is 42.7 Å². The van der Waals surface area contributed by atoms with Crippen molar-refractivity contribution in [2.45, 2.75) is 31.8 Å². The third kappa shape index (κ3) is 3.57. The highest BCUT2D eigenvalue weighted by Crippen LogP contribution is 2.19. The van der Waals surface area contributed by atoms with Crippen molar-refractivity contribution in [2.75, 3.05) is 24.5 Å². The lowest BCUT2D eigenvalue weighted by atomic mass is 10.0. The average Bonchev–Trinajstić information content (AvgIpc) is 2.68. The van der Waals surface area contributed by atoms with E-state index in [0.29, 0.717) is 6.54 Å². The Balaban J connectivity index is 1.36. The van der Waals surface area contributed by atoms with Gasteiger partial charge in [0.05, 0.1) is 0 Å². The molecule has 1 aromatic carbocycles. The van der Waals surface area contributed by atoms with Gasteiger partial charge >= 0.3 is 6.03 Å². The fraction of sp³-hybridized carbons (Fsp3) is 0.421. The summed E-state index contributed by atoms with van der Waals surface area (Å²) in [5.41, 5.74) is 2.61. The highest BCUT2D eigenvalue weighted by Gasteiger charge is 2.26. The predicted molar refractivity (Wildman–Crippen MR) is 96.4 cm³/mol. The van der Waals surface area contributed by atoms with Crippen LogP contribution in [-0.2, 0) is 13.0 Å². The van der Waals surface area contributed by atoms with Gasteiger partial charge in [-0.2, -0.15) is 0 Å². The van der Waals surface area contributed by atoms with Crippen LogP contribution >= 0.6 is 0 Å². The minimum Gasteiger partial charge on any atom is -0.339 e. The van der Waals surface area contributed by atoms with E-state index in [1.54, 1.807) is 12.4 Å². The number of urea groups is 1. The monoisotopic (exact) mass is 337 g/mol. The van der Waals surface area contributed by atoms with E-state index in [4.69, 9.17) is 0 Å². The Morgan fingerprint density at radius 1 is 1.08 bits per heavy atom. The van der Waals surface area contributed by atoms with Gasteiger partial charge in [-0.3, -0.25) is 0 Å². The molecule has 1 N–H and O–H groups in total. The highest BCUT2D eigenvalue weighted by atomic mass is 16.2. The molecule has 0 saturated carbocycles. The minimum atomic E-state index is 0.0373. The summed E-state index contributed by atoms with van der Waals surface area (Å²) in [6.07, 6.45) is 6.48. The van der Waals surface area contributed by atoms with Crippen molar-refractivity contribution in [3.05, 3.63) is 53.9 Å². The summed E-state index contributed by atoms with van der Waals surface area (Å²) in [4.78, 5) is 25.4. The predicted octanol–water partition coefficient (Wildman–Crippen LogP) is 2.21. The van der Waals surface area contributed by atoms with Gasteiger partial charge < -0.3 is 15.1 Å². The van der Waals surface area contributed by atoms with Gasteiger partial charge in [0.15, 0.2) is 0 Å². The highest BCUT2D eigenvalue weighted by molar-refractivity contribution is 5.75. The number of hydrogen-bond donors (Lipinski definition) is 1. The Hall–Kier alpha value is -2.63. The van der Waals surface area contributed by atoms with Gasteiger partial charge in [0, 0.05) is 44.6 Å². The number of aromatic nitrogens is 2. The van der Waals surface area contributed by atoms with E-state index >= 15 is 0 Å². The summed E-state index contributed by atoms with van der Waals surface area (Å²) in [6.45, 7) is 3.18. The molecule has 0 radical (unpaired) electrons. The molecule has 130 valence electrons. The normalized spacial score (nSPS) is 20.1. The van der Waals surface area contributed by atoms with Gasteiger partial charge in [-0.25, -0.2) is 14.8 Å². The number of carbonyl (C=O) groups excluding carboxylic acids is 1. The van der Waals surface area contributed by atoms with Gasteiger partial charge in [-0.1, -0.05) is 24.3 Å². The van der Waals surface area contributed by atoms with E-state index in [-0.39, 0.29) is 12.1 Å². The molecule has 1 unspecified atom stereocenters. The molecule has 0 spiro atoms. The van der Waals surface area contributed by atoms with Crippen LogP contribution in [0.5, 0.6) is 0 Å². The Morgan fingerprint density at radius 3 is 2.72 bits per heavy atom. The van der Waals surface area contributed by atoms with Gasteiger partial charge in [-0.05, 0) is 36.5 Å². The third-order valence-corrected chi connectivity index (χ3v) is 5.00. The number of anilines is 1. The first-order valence-electron chi connectivity index (χ1n) is 8.94. The maximum atomic E-state index is 12.7. The Bertz CT molecular complexity index is 736. The SMILES string of the molecule is O=C(NC1CCCN(c2ncccn2)C1)N1CCc2ccccc2C1. The minimum absolute atomic E-state index is 0.0373. The summed E-state index contributed by atoms with van der Waals surface area (Å²) in [5.74, 6) is 0.744. The number of nitrogens with one attached hydrogen (secondary N) is 1. The van der Waals surface area contributed by atoms with Crippen LogP contribution < -0.4 is 10.2 Å². The third-order valence-electron chi connectivity index (χ3n) is 5.00. The van der Waals surface area contributed by atoms with Gasteiger partial charge in [-0.15, -0.1) is 0 Å². The topological polar surface area (TPSA) is 61.4 Å². The number of amides is 2. The molecular formula is C19H23N5O. The zero-order valence-electron chi connectivity index (χ0n) is 14.3. The maximum Gasteiger partial charge on any atom is 0.317 e. The molecule has 2 aromatic rings. The first-order chi connectivity index (χ1) is 12.3. The summed E-state index contributed by atoms with van der Waals surface area (Å²) < 4.78 is 0. The summed E-state index contributed by atoms with van der Waals surface area (Å²) in [6, 6.07) is 10.4. The standard InChI is InChI=1S/C19H23N5O/c25-19(24-12-8-15-5-1-2-6-16(15)13-24)22-17-7-3-11-23(14-17)18-20-9-4-10-21-18/h1-2,4-6,9-10,17H,3,7-8,11-14H2,(H,22,25). The van der Waals surface area contributed by atoms with Crippen molar-refractivity contribution in [2.24, 2.45) is 0 Å². The van der Waals surface area contributed by atoms with Crippen molar-refractivity contribution < 1.29 is 4.79 Å². The molecular weight excluding hydrogens is 314 g/mol. The Morgan fingerprint density at radius 2 is 1.88 bits per heavy atom. The molecule has 1 saturated heterocycles. The fourth-order valence-corrected chi connectivity index (χ4v) is 3.67. The Kier molecular flexibility index (Phi) is 4.50. The Labute approximate surface area is 147 Å². The van der Waals surface area contributed by atoms with Crippen LogP contribution in [0, 0.1) is 0 Å². The fourth-order valence-electron chi connectivity index (χ4n) is 3.67. The molecule has 6 nitrogen and oxygen atoms in total. The van der Waals surface area contributed by atoms with Crippen LogP contribution in [0.2, 0.25) is 0 Å². The average molecular weight is 337 g/mol. The second-order valence-corrected chi connectivity index (χ2v) is 6.72. The lowest BCUT2D eigenvalue weighted by Crippen LogP contribution is -2.52. The summed E-state index contributed by atoms with van der Waals surface area (Å²) >= 11 is 0. The molecule has 0 bridgehead atoms. The quantitative estimate of drug-likeness (QED) is 0.913. The number of carbonyl (C=O) groups is 1. The summed E-state index contributed by atoms with van der Waals surface area (Å²) in [5, 5.41) is 3.21. The molecule has 4 rings (SSSR count). The molecule has 1 fully saturated rings. The zero-order chi connectivity index (χ0) is 17.1. The van der Waals surface area contributed by atoms with Crippen molar-refractivity contribution >= 4 is 12.0 Å². The lowest BCUT2D eigenvalue weighted by Gasteiger charge is -2.35. The molecule has 2 amide bonds. The van der Waals surface area contributed by atoms with E-state index in [1.165, 1.54) is 11.1 Å². The van der Waals surface area contributed by atoms with Gasteiger partial charge in [0.2, 0.25) is 5.95 Å². The number of fused-ring (bicyclic) bond motifs is 1. The lowest BCUT2D eigenvalue weighted by molar-refractivity contribution is 0.186. The molecule has 25 heavy (non-hydrogen) atoms. The van der Waals surface area contributed by atoms with Crippen LogP contribution in [0.25, 0.3) is 0 Å². The second-order valence-electron chi connectivity index (χ2n) is 6.72. The van der Waals surface area contributed by atoms with Crippen molar-refractivity contribution in [3.63, 3.8) is 0 Å². The first-order valence-corrected chi connectivity index (χ1v) is 8.94. The van der Waals surface area contributed by atoms with Crippen LogP contribution in [0.4, 0.5) is 10.7 Å². The number of nitrogens with zero attached hydrogens (tertiary/aromatic N) is 4. The number of hydrogen-bond acceptors (Lipinski definition) is 4. The molecule has 6 heteroatoms. The van der Waals surface area contributed by atoms with Crippen LogP contribution in [-0.4, -0.2) is 46.6 Å². The molecule has 2 aliphatic heterocycles. The van der Waals surface area contributed by atoms with Gasteiger partial charge in [0.25, 0.3) is 0 Å². The van der Waals surface area contributed by atoms with E-state index in [1.807, 2.05) is 17.0 Å². The molecule has 0 aliphatic carbocycles. The molecule has 3 heterocycles. The number of benzene rings is 1. The smallest absolute Gasteiger partial charge is 0.317 e. The van der Waals surface area contributed by atoms with E-state index in [9.17, 15) is 4.79 Å². The molecule has 2 aliphatic rings. The van der Waals surface area contributed by atoms with Crippen LogP contribution in [0.3, 0.4) is 0 Å². The second kappa shape index (κ2) is 7.09.